The van der Waals surface area contributed by atoms with Crippen molar-refractivity contribution in [2.75, 3.05) is 19.5 Å². The van der Waals surface area contributed by atoms with E-state index in [-0.39, 0.29) is 6.29 Å². The van der Waals surface area contributed by atoms with Crippen molar-refractivity contribution < 1.29 is 22.1 Å². The molecule has 0 aromatic heterocycles. The summed E-state index contributed by atoms with van der Waals surface area (Å²) in [5.74, 6) is 2.55. The lowest BCUT2D eigenvalue weighted by Gasteiger charge is -2.22. The molecule has 92 valence electrons. The Morgan fingerprint density at radius 2 is 2.25 bits per heavy atom. The average Bonchev–Trinajstić information content (AvgIpc) is 2.23. The summed E-state index contributed by atoms with van der Waals surface area (Å²) in [5, 5.41) is 0. The van der Waals surface area contributed by atoms with Gasteiger partial charge < -0.3 is 13.7 Å². The van der Waals surface area contributed by atoms with E-state index in [0.29, 0.717) is 13.0 Å². The summed E-state index contributed by atoms with van der Waals surface area (Å²) in [6.45, 7) is 1.17. The van der Waals surface area contributed by atoms with E-state index in [1.807, 2.05) is 0 Å². The molecule has 0 aliphatic carbocycles. The van der Waals surface area contributed by atoms with Crippen LogP contribution in [0, 0.1) is 12.0 Å². The first-order valence-corrected chi connectivity index (χ1v) is 6.99. The summed E-state index contributed by atoms with van der Waals surface area (Å²) in [7, 11) is -3.47. The van der Waals surface area contributed by atoms with Gasteiger partial charge in [0.05, 0.1) is 12.9 Å². The maximum absolute atomic E-state index is 10.5. The number of ether oxygens (including phenoxy) is 2. The first kappa shape index (κ1) is 13.3. The first-order valence-electron chi connectivity index (χ1n) is 5.17. The van der Waals surface area contributed by atoms with Crippen molar-refractivity contribution in [2.45, 2.75) is 32.0 Å². The molecular formula is C10H16O5S. The number of hydrogen-bond acceptors (Lipinski definition) is 5. The van der Waals surface area contributed by atoms with Gasteiger partial charge in [-0.2, -0.15) is 8.42 Å². The average molecular weight is 248 g/mol. The van der Waals surface area contributed by atoms with Crippen molar-refractivity contribution in [3.05, 3.63) is 0 Å². The molecule has 0 bridgehead atoms. The van der Waals surface area contributed by atoms with Gasteiger partial charge in [-0.1, -0.05) is 5.92 Å². The second-order valence-electron chi connectivity index (χ2n) is 3.48. The maximum atomic E-state index is 10.5. The fraction of sp³-hybridized carbons (Fsp3) is 0.800. The van der Waals surface area contributed by atoms with Crippen molar-refractivity contribution >= 4 is 10.1 Å². The van der Waals surface area contributed by atoms with Gasteiger partial charge in [0.2, 0.25) is 0 Å². The molecule has 1 atom stereocenters. The minimum absolute atomic E-state index is 0.133. The molecular weight excluding hydrogens is 232 g/mol. The highest BCUT2D eigenvalue weighted by Crippen LogP contribution is 2.13. The SMILES string of the molecule is CS(=O)(=O)OC#CCCOC1CCCCO1. The second kappa shape index (κ2) is 6.74. The third-order valence-electron chi connectivity index (χ3n) is 1.93. The van der Waals surface area contributed by atoms with Crippen LogP contribution in [0.4, 0.5) is 0 Å². The zero-order valence-electron chi connectivity index (χ0n) is 9.27. The summed E-state index contributed by atoms with van der Waals surface area (Å²) in [4.78, 5) is 0. The lowest BCUT2D eigenvalue weighted by atomic mass is 10.2. The molecule has 5 nitrogen and oxygen atoms in total. The first-order chi connectivity index (χ1) is 7.58. The molecule has 0 aromatic rings. The van der Waals surface area contributed by atoms with Gasteiger partial charge in [-0.15, -0.1) is 0 Å². The zero-order chi connectivity index (χ0) is 11.9. The Morgan fingerprint density at radius 1 is 1.44 bits per heavy atom. The van der Waals surface area contributed by atoms with Gasteiger partial charge >= 0.3 is 10.1 Å². The molecule has 0 radical (unpaired) electrons. The van der Waals surface area contributed by atoms with E-state index in [2.05, 4.69) is 16.2 Å². The number of rotatable bonds is 4. The molecule has 0 amide bonds. The van der Waals surface area contributed by atoms with E-state index in [9.17, 15) is 8.42 Å². The largest absolute Gasteiger partial charge is 0.353 e. The standard InChI is InChI=1S/C10H16O5S/c1-16(11,12)15-9-5-4-8-14-10-6-2-3-7-13-10/h10H,2-4,6-8H2,1H3. The van der Waals surface area contributed by atoms with Gasteiger partial charge in [-0.05, 0) is 19.3 Å². The summed E-state index contributed by atoms with van der Waals surface area (Å²) in [6, 6.07) is 0. The minimum Gasteiger partial charge on any atom is -0.353 e. The molecule has 16 heavy (non-hydrogen) atoms. The van der Waals surface area contributed by atoms with Crippen LogP contribution < -0.4 is 0 Å². The van der Waals surface area contributed by atoms with Gasteiger partial charge in [0.15, 0.2) is 6.29 Å². The molecule has 6 heteroatoms. The third kappa shape index (κ3) is 6.67. The van der Waals surface area contributed by atoms with Gasteiger partial charge in [0.25, 0.3) is 0 Å². The van der Waals surface area contributed by atoms with Crippen molar-refractivity contribution in [1.82, 2.24) is 0 Å². The van der Waals surface area contributed by atoms with E-state index in [4.69, 9.17) is 9.47 Å². The topological polar surface area (TPSA) is 61.8 Å². The third-order valence-corrected chi connectivity index (χ3v) is 2.32. The molecule has 0 spiro atoms. The van der Waals surface area contributed by atoms with Gasteiger partial charge in [0.1, 0.15) is 6.11 Å². The van der Waals surface area contributed by atoms with Crippen LogP contribution in [0.5, 0.6) is 0 Å². The maximum Gasteiger partial charge on any atom is 0.314 e. The van der Waals surface area contributed by atoms with Crippen LogP contribution >= 0.6 is 0 Å². The van der Waals surface area contributed by atoms with E-state index in [1.54, 1.807) is 0 Å². The molecule has 1 unspecified atom stereocenters. The molecule has 1 aliphatic heterocycles. The predicted molar refractivity (Wildman–Crippen MR) is 57.9 cm³/mol. The Balaban J connectivity index is 2.06. The van der Waals surface area contributed by atoms with Gasteiger partial charge in [0, 0.05) is 13.0 Å². The molecule has 1 heterocycles. The van der Waals surface area contributed by atoms with Crippen LogP contribution in [0.1, 0.15) is 25.7 Å². The monoisotopic (exact) mass is 248 g/mol. The van der Waals surface area contributed by atoms with Crippen LogP contribution in [-0.4, -0.2) is 34.2 Å². The fourth-order valence-corrected chi connectivity index (χ4v) is 1.45. The lowest BCUT2D eigenvalue weighted by Crippen LogP contribution is -2.22. The lowest BCUT2D eigenvalue weighted by molar-refractivity contribution is -0.161. The quantitative estimate of drug-likeness (QED) is 0.419. The summed E-state index contributed by atoms with van der Waals surface area (Å²) < 4.78 is 36.0. The van der Waals surface area contributed by atoms with Crippen LogP contribution in [-0.2, 0) is 23.8 Å². The Morgan fingerprint density at radius 3 is 2.88 bits per heavy atom. The van der Waals surface area contributed by atoms with E-state index >= 15 is 0 Å². The second-order valence-corrected chi connectivity index (χ2v) is 5.06. The van der Waals surface area contributed by atoms with Crippen LogP contribution in [0.3, 0.4) is 0 Å². The van der Waals surface area contributed by atoms with E-state index in [1.165, 1.54) is 0 Å². The molecule has 1 fully saturated rings. The van der Waals surface area contributed by atoms with Gasteiger partial charge in [-0.25, -0.2) is 0 Å². The molecule has 0 saturated carbocycles. The molecule has 0 N–H and O–H groups in total. The highest BCUT2D eigenvalue weighted by molar-refractivity contribution is 7.86. The Labute approximate surface area is 96.2 Å². The summed E-state index contributed by atoms with van der Waals surface area (Å²) in [6.07, 6.45) is 6.46. The molecule has 1 saturated heterocycles. The Kier molecular flexibility index (Phi) is 5.60. The molecule has 1 aliphatic rings. The van der Waals surface area contributed by atoms with Crippen molar-refractivity contribution in [3.63, 3.8) is 0 Å². The zero-order valence-corrected chi connectivity index (χ0v) is 10.1. The van der Waals surface area contributed by atoms with Crippen LogP contribution in [0.15, 0.2) is 0 Å². The normalized spacial score (nSPS) is 20.9. The summed E-state index contributed by atoms with van der Waals surface area (Å²) in [5.41, 5.74) is 0. The predicted octanol–water partition coefficient (Wildman–Crippen LogP) is 0.857. The molecule has 1 rings (SSSR count). The Bertz CT molecular complexity index is 345. The highest BCUT2D eigenvalue weighted by atomic mass is 32.2. The van der Waals surface area contributed by atoms with Crippen LogP contribution in [0.2, 0.25) is 0 Å². The highest BCUT2D eigenvalue weighted by Gasteiger charge is 2.12. The minimum atomic E-state index is -3.47. The smallest absolute Gasteiger partial charge is 0.314 e. The fourth-order valence-electron chi connectivity index (χ4n) is 1.24. The summed E-state index contributed by atoms with van der Waals surface area (Å²) >= 11 is 0. The van der Waals surface area contributed by atoms with E-state index < -0.39 is 10.1 Å². The van der Waals surface area contributed by atoms with Crippen molar-refractivity contribution in [3.8, 4) is 12.0 Å². The van der Waals surface area contributed by atoms with Crippen LogP contribution in [0.25, 0.3) is 0 Å². The van der Waals surface area contributed by atoms with Crippen molar-refractivity contribution in [2.24, 2.45) is 0 Å². The Hall–Kier alpha value is -0.770. The van der Waals surface area contributed by atoms with Crippen molar-refractivity contribution in [1.29, 1.82) is 0 Å². The van der Waals surface area contributed by atoms with Gasteiger partial charge in [-0.3, -0.25) is 0 Å². The molecule has 0 aromatic carbocycles. The van der Waals surface area contributed by atoms with E-state index in [0.717, 1.165) is 32.1 Å². The number of hydrogen-bond donors (Lipinski definition) is 0.